The summed E-state index contributed by atoms with van der Waals surface area (Å²) in [5.74, 6) is -0.472. The number of nitrogens with one attached hydrogen (secondary N) is 1. The van der Waals surface area contributed by atoms with E-state index in [1.54, 1.807) is 12.1 Å². The molecule has 0 radical (unpaired) electrons. The molecule has 1 aromatic rings. The number of carboxylic acid groups (broad SMARTS) is 1. The third-order valence-electron chi connectivity index (χ3n) is 2.23. The molecule has 0 aromatic heterocycles. The Morgan fingerprint density at radius 3 is 2.74 bits per heavy atom. The molecule has 7 heteroatoms. The minimum Gasteiger partial charge on any atom is -0.481 e. The van der Waals surface area contributed by atoms with E-state index in [0.717, 1.165) is 10.0 Å². The first kappa shape index (κ1) is 16.3. The van der Waals surface area contributed by atoms with Crippen LogP contribution in [0.25, 0.3) is 0 Å². The summed E-state index contributed by atoms with van der Waals surface area (Å²) in [6.07, 6.45) is 0. The minimum absolute atomic E-state index is 0.0408. The van der Waals surface area contributed by atoms with Gasteiger partial charge in [0.25, 0.3) is 5.91 Å². The summed E-state index contributed by atoms with van der Waals surface area (Å²) in [7, 11) is 0. The molecule has 0 saturated carbocycles. The second-order valence-electron chi connectivity index (χ2n) is 3.79. The lowest BCUT2D eigenvalue weighted by atomic mass is 10.1. The highest BCUT2D eigenvalue weighted by molar-refractivity contribution is 9.10. The normalized spacial score (nSPS) is 10.3. The van der Waals surface area contributed by atoms with E-state index in [1.165, 1.54) is 11.8 Å². The standard InChI is InChI=1S/C12H13BrClNO3S/c1-7-4-8(5-9(14)11(7)13)12(18)15-2-3-19-6-10(16)17/h4-5H,2-3,6H2,1H3,(H,15,18)(H,16,17). The Morgan fingerprint density at radius 2 is 2.16 bits per heavy atom. The van der Waals surface area contributed by atoms with Crippen molar-refractivity contribution in [3.05, 3.63) is 32.8 Å². The molecule has 0 saturated heterocycles. The number of benzene rings is 1. The average Bonchev–Trinajstić information content (AvgIpc) is 2.34. The van der Waals surface area contributed by atoms with Gasteiger partial charge in [-0.05, 0) is 40.5 Å². The van der Waals surface area contributed by atoms with Crippen molar-refractivity contribution in [1.82, 2.24) is 5.32 Å². The maximum atomic E-state index is 11.8. The molecule has 0 atom stereocenters. The lowest BCUT2D eigenvalue weighted by molar-refractivity contribution is -0.133. The monoisotopic (exact) mass is 365 g/mol. The lowest BCUT2D eigenvalue weighted by Gasteiger charge is -2.07. The van der Waals surface area contributed by atoms with Crippen molar-refractivity contribution in [3.63, 3.8) is 0 Å². The summed E-state index contributed by atoms with van der Waals surface area (Å²) < 4.78 is 0.780. The number of hydrogen-bond acceptors (Lipinski definition) is 3. The zero-order chi connectivity index (χ0) is 14.4. The number of carbonyl (C=O) groups excluding carboxylic acids is 1. The average molecular weight is 367 g/mol. The Bertz CT molecular complexity index is 473. The highest BCUT2D eigenvalue weighted by Gasteiger charge is 2.10. The van der Waals surface area contributed by atoms with Crippen LogP contribution in [-0.4, -0.2) is 35.0 Å². The van der Waals surface area contributed by atoms with E-state index in [-0.39, 0.29) is 11.7 Å². The molecule has 19 heavy (non-hydrogen) atoms. The zero-order valence-corrected chi connectivity index (χ0v) is 13.4. The smallest absolute Gasteiger partial charge is 0.313 e. The highest BCUT2D eigenvalue weighted by atomic mass is 79.9. The van der Waals surface area contributed by atoms with Crippen LogP contribution in [0.3, 0.4) is 0 Å². The molecular formula is C12H13BrClNO3S. The van der Waals surface area contributed by atoms with Gasteiger partial charge in [-0.25, -0.2) is 0 Å². The first-order chi connectivity index (χ1) is 8.91. The molecule has 1 amide bonds. The molecule has 2 N–H and O–H groups in total. The number of carboxylic acids is 1. The van der Waals surface area contributed by atoms with Crippen LogP contribution in [-0.2, 0) is 4.79 Å². The van der Waals surface area contributed by atoms with Crippen LogP contribution in [0.4, 0.5) is 0 Å². The van der Waals surface area contributed by atoms with Gasteiger partial charge in [-0.15, -0.1) is 11.8 Å². The number of hydrogen-bond donors (Lipinski definition) is 2. The molecule has 0 unspecified atom stereocenters. The largest absolute Gasteiger partial charge is 0.481 e. The zero-order valence-electron chi connectivity index (χ0n) is 10.2. The van der Waals surface area contributed by atoms with Crippen molar-refractivity contribution in [2.45, 2.75) is 6.92 Å². The second kappa shape index (κ2) is 7.77. The van der Waals surface area contributed by atoms with E-state index in [2.05, 4.69) is 21.2 Å². The molecule has 0 aliphatic rings. The number of amides is 1. The third-order valence-corrected chi connectivity index (χ3v) is 4.75. The Morgan fingerprint density at radius 1 is 1.47 bits per heavy atom. The van der Waals surface area contributed by atoms with Gasteiger partial charge in [0.1, 0.15) is 0 Å². The molecule has 0 aliphatic heterocycles. The SMILES string of the molecule is Cc1cc(C(=O)NCCSCC(=O)O)cc(Cl)c1Br. The number of aliphatic carboxylic acids is 1. The Kier molecular flexibility index (Phi) is 6.68. The number of thioether (sulfide) groups is 1. The summed E-state index contributed by atoms with van der Waals surface area (Å²) in [5, 5.41) is 11.7. The van der Waals surface area contributed by atoms with Crippen molar-refractivity contribution in [2.75, 3.05) is 18.1 Å². The van der Waals surface area contributed by atoms with Gasteiger partial charge in [-0.1, -0.05) is 11.6 Å². The van der Waals surface area contributed by atoms with Gasteiger partial charge in [-0.2, -0.15) is 0 Å². The van der Waals surface area contributed by atoms with Crippen LogP contribution in [0.15, 0.2) is 16.6 Å². The molecule has 1 rings (SSSR count). The summed E-state index contributed by atoms with van der Waals surface area (Å²) in [6, 6.07) is 3.34. The first-order valence-corrected chi connectivity index (χ1v) is 7.77. The van der Waals surface area contributed by atoms with Crippen LogP contribution in [0.2, 0.25) is 5.02 Å². The number of rotatable bonds is 6. The Hall–Kier alpha value is -0.720. The van der Waals surface area contributed by atoms with E-state index >= 15 is 0 Å². The summed E-state index contributed by atoms with van der Waals surface area (Å²) in [5.41, 5.74) is 1.38. The Balaban J connectivity index is 2.48. The van der Waals surface area contributed by atoms with Crippen LogP contribution in [0, 0.1) is 6.92 Å². The molecule has 0 spiro atoms. The highest BCUT2D eigenvalue weighted by Crippen LogP contribution is 2.27. The van der Waals surface area contributed by atoms with Crippen LogP contribution in [0.1, 0.15) is 15.9 Å². The topological polar surface area (TPSA) is 66.4 Å². The number of halogens is 2. The van der Waals surface area contributed by atoms with E-state index in [4.69, 9.17) is 16.7 Å². The van der Waals surface area contributed by atoms with Crippen molar-refractivity contribution < 1.29 is 14.7 Å². The van der Waals surface area contributed by atoms with Gasteiger partial charge >= 0.3 is 5.97 Å². The van der Waals surface area contributed by atoms with Gasteiger partial charge in [0.2, 0.25) is 0 Å². The van der Waals surface area contributed by atoms with Crippen LogP contribution in [0.5, 0.6) is 0 Å². The molecule has 4 nitrogen and oxygen atoms in total. The minimum atomic E-state index is -0.855. The van der Waals surface area contributed by atoms with Crippen molar-refractivity contribution in [1.29, 1.82) is 0 Å². The molecule has 0 aliphatic carbocycles. The molecule has 0 bridgehead atoms. The fraction of sp³-hybridized carbons (Fsp3) is 0.333. The molecule has 104 valence electrons. The fourth-order valence-corrected chi connectivity index (χ4v) is 2.42. The first-order valence-electron chi connectivity index (χ1n) is 5.45. The maximum absolute atomic E-state index is 11.8. The molecule has 0 fully saturated rings. The maximum Gasteiger partial charge on any atom is 0.313 e. The summed E-state index contributed by atoms with van der Waals surface area (Å²) >= 11 is 10.6. The summed E-state index contributed by atoms with van der Waals surface area (Å²) in [6.45, 7) is 2.28. The number of aryl methyl sites for hydroxylation is 1. The van der Waals surface area contributed by atoms with Crippen molar-refractivity contribution in [2.24, 2.45) is 0 Å². The van der Waals surface area contributed by atoms with Crippen molar-refractivity contribution >= 4 is 51.2 Å². The molecule has 1 aromatic carbocycles. The third kappa shape index (κ3) is 5.42. The number of carbonyl (C=O) groups is 2. The summed E-state index contributed by atoms with van der Waals surface area (Å²) in [4.78, 5) is 22.1. The van der Waals surface area contributed by atoms with Crippen LogP contribution >= 0.6 is 39.3 Å². The van der Waals surface area contributed by atoms with E-state index < -0.39 is 5.97 Å². The lowest BCUT2D eigenvalue weighted by Crippen LogP contribution is -2.26. The quantitative estimate of drug-likeness (QED) is 0.760. The van der Waals surface area contributed by atoms with E-state index in [0.29, 0.717) is 22.9 Å². The fourth-order valence-electron chi connectivity index (χ4n) is 1.36. The predicted octanol–water partition coefficient (Wildman–Crippen LogP) is 2.96. The van der Waals surface area contributed by atoms with Gasteiger partial charge in [-0.3, -0.25) is 9.59 Å². The Labute approximate surface area is 129 Å². The van der Waals surface area contributed by atoms with E-state index in [1.807, 2.05) is 6.92 Å². The molecule has 0 heterocycles. The predicted molar refractivity (Wildman–Crippen MR) is 81.2 cm³/mol. The van der Waals surface area contributed by atoms with Gasteiger partial charge in [0.15, 0.2) is 0 Å². The van der Waals surface area contributed by atoms with Crippen molar-refractivity contribution in [3.8, 4) is 0 Å². The van der Waals surface area contributed by atoms with Gasteiger partial charge in [0.05, 0.1) is 10.8 Å². The second-order valence-corrected chi connectivity index (χ2v) is 6.10. The van der Waals surface area contributed by atoms with E-state index in [9.17, 15) is 9.59 Å². The molecular weight excluding hydrogens is 354 g/mol. The van der Waals surface area contributed by atoms with Gasteiger partial charge < -0.3 is 10.4 Å². The van der Waals surface area contributed by atoms with Gasteiger partial charge in [0, 0.05) is 22.3 Å². The van der Waals surface area contributed by atoms with Crippen LogP contribution < -0.4 is 5.32 Å².